The summed E-state index contributed by atoms with van der Waals surface area (Å²) in [6, 6.07) is 17.7. The second-order valence-electron chi connectivity index (χ2n) is 11.2. The third kappa shape index (κ3) is 6.97. The molecular formula is C31H38N6O3. The van der Waals surface area contributed by atoms with Crippen LogP contribution >= 0.6 is 0 Å². The Balaban J connectivity index is 1.21. The molecular weight excluding hydrogens is 504 g/mol. The molecule has 1 saturated heterocycles. The van der Waals surface area contributed by atoms with Gasteiger partial charge in [0.15, 0.2) is 0 Å². The van der Waals surface area contributed by atoms with Crippen molar-refractivity contribution in [2.75, 3.05) is 43.5 Å². The zero-order valence-electron chi connectivity index (χ0n) is 23.7. The van der Waals surface area contributed by atoms with Gasteiger partial charge in [-0.1, -0.05) is 32.9 Å². The summed E-state index contributed by atoms with van der Waals surface area (Å²) in [5.74, 6) is 2.41. The van der Waals surface area contributed by atoms with Gasteiger partial charge in [-0.3, -0.25) is 9.69 Å². The number of morpholine rings is 1. The summed E-state index contributed by atoms with van der Waals surface area (Å²) < 4.78 is 13.5. The van der Waals surface area contributed by atoms with Gasteiger partial charge in [0.2, 0.25) is 11.9 Å². The van der Waals surface area contributed by atoms with Gasteiger partial charge in [-0.05, 0) is 54.3 Å². The SMILES string of the molecule is Cn1c(Nc2cccc(C(C)(C)C)c2)nc2cc(Oc3ccnc(NC(=O)CCCN4CCOCC4)c3)ccc21. The van der Waals surface area contributed by atoms with Crippen molar-refractivity contribution in [3.8, 4) is 11.5 Å². The molecule has 3 heterocycles. The van der Waals surface area contributed by atoms with E-state index < -0.39 is 0 Å². The van der Waals surface area contributed by atoms with Gasteiger partial charge in [0, 0.05) is 50.6 Å². The quantitative estimate of drug-likeness (QED) is 0.274. The first-order chi connectivity index (χ1) is 19.2. The van der Waals surface area contributed by atoms with Gasteiger partial charge in [0.25, 0.3) is 0 Å². The monoisotopic (exact) mass is 542 g/mol. The highest BCUT2D eigenvalue weighted by Crippen LogP contribution is 2.30. The van der Waals surface area contributed by atoms with E-state index in [-0.39, 0.29) is 11.3 Å². The van der Waals surface area contributed by atoms with Crippen LogP contribution in [0.25, 0.3) is 11.0 Å². The van der Waals surface area contributed by atoms with E-state index in [2.05, 4.69) is 59.5 Å². The van der Waals surface area contributed by atoms with Crippen molar-refractivity contribution >= 4 is 34.4 Å². The molecule has 2 aromatic heterocycles. The van der Waals surface area contributed by atoms with Gasteiger partial charge in [-0.15, -0.1) is 0 Å². The summed E-state index contributed by atoms with van der Waals surface area (Å²) in [4.78, 5) is 23.9. The van der Waals surface area contributed by atoms with Crippen LogP contribution in [0.1, 0.15) is 39.2 Å². The summed E-state index contributed by atoms with van der Waals surface area (Å²) >= 11 is 0. The number of fused-ring (bicyclic) bond motifs is 1. The van der Waals surface area contributed by atoms with Gasteiger partial charge >= 0.3 is 0 Å². The Bertz CT molecular complexity index is 1470. The first-order valence-electron chi connectivity index (χ1n) is 13.8. The van der Waals surface area contributed by atoms with Crippen molar-refractivity contribution in [1.82, 2.24) is 19.4 Å². The third-order valence-electron chi connectivity index (χ3n) is 7.05. The second kappa shape index (κ2) is 12.1. The highest BCUT2D eigenvalue weighted by molar-refractivity contribution is 5.89. The van der Waals surface area contributed by atoms with Crippen molar-refractivity contribution in [1.29, 1.82) is 0 Å². The summed E-state index contributed by atoms with van der Waals surface area (Å²) in [7, 11) is 1.99. The first kappa shape index (κ1) is 27.6. The number of carbonyl (C=O) groups excluding carboxylic acids is 1. The van der Waals surface area contributed by atoms with Crippen LogP contribution in [0, 0.1) is 0 Å². The second-order valence-corrected chi connectivity index (χ2v) is 11.2. The standard InChI is InChI=1S/C31H38N6O3/c1-31(2,3)22-7-5-8-23(19-22)33-30-34-26-20-24(10-11-27(26)36(30)4)40-25-12-13-32-28(21-25)35-29(38)9-6-14-37-15-17-39-18-16-37/h5,7-8,10-13,19-21H,6,9,14-18H2,1-4H3,(H,33,34)(H,32,35,38). The van der Waals surface area contributed by atoms with E-state index in [1.807, 2.05) is 35.9 Å². The van der Waals surface area contributed by atoms with Crippen LogP contribution in [0.5, 0.6) is 11.5 Å². The van der Waals surface area contributed by atoms with Gasteiger partial charge in [0.05, 0.1) is 24.2 Å². The predicted octanol–water partition coefficient (Wildman–Crippen LogP) is 5.85. The van der Waals surface area contributed by atoms with Crippen molar-refractivity contribution in [2.24, 2.45) is 7.05 Å². The van der Waals surface area contributed by atoms with E-state index in [9.17, 15) is 4.79 Å². The molecule has 0 spiro atoms. The molecule has 0 aliphatic carbocycles. The fraction of sp³-hybridized carbons (Fsp3) is 0.387. The molecule has 5 rings (SSSR count). The number of aromatic nitrogens is 3. The number of hydrogen-bond donors (Lipinski definition) is 2. The summed E-state index contributed by atoms with van der Waals surface area (Å²) in [5, 5.41) is 6.34. The van der Waals surface area contributed by atoms with E-state index >= 15 is 0 Å². The van der Waals surface area contributed by atoms with E-state index in [1.54, 1.807) is 18.3 Å². The number of nitrogens with zero attached hydrogens (tertiary/aromatic N) is 4. The van der Waals surface area contributed by atoms with Gasteiger partial charge in [-0.25, -0.2) is 9.97 Å². The molecule has 1 aliphatic heterocycles. The number of imidazole rings is 1. The van der Waals surface area contributed by atoms with Crippen LogP contribution in [-0.4, -0.2) is 58.2 Å². The largest absolute Gasteiger partial charge is 0.457 e. The topological polar surface area (TPSA) is 93.5 Å². The fourth-order valence-electron chi connectivity index (χ4n) is 4.72. The molecule has 1 aliphatic rings. The molecule has 4 aromatic rings. The molecule has 0 bridgehead atoms. The average molecular weight is 543 g/mol. The number of anilines is 3. The molecule has 1 fully saturated rings. The van der Waals surface area contributed by atoms with Gasteiger partial charge in [-0.2, -0.15) is 0 Å². The van der Waals surface area contributed by atoms with Crippen molar-refractivity contribution in [3.05, 3.63) is 66.4 Å². The zero-order valence-corrected chi connectivity index (χ0v) is 23.7. The maximum atomic E-state index is 12.5. The Labute approximate surface area is 235 Å². The third-order valence-corrected chi connectivity index (χ3v) is 7.05. The van der Waals surface area contributed by atoms with Crippen molar-refractivity contribution in [2.45, 2.75) is 39.0 Å². The summed E-state index contributed by atoms with van der Waals surface area (Å²) in [6.45, 7) is 10.9. The van der Waals surface area contributed by atoms with Crippen LogP contribution < -0.4 is 15.4 Å². The maximum absolute atomic E-state index is 12.5. The minimum Gasteiger partial charge on any atom is -0.457 e. The lowest BCUT2D eigenvalue weighted by molar-refractivity contribution is -0.116. The van der Waals surface area contributed by atoms with Gasteiger partial charge < -0.3 is 24.7 Å². The predicted molar refractivity (Wildman–Crippen MR) is 159 cm³/mol. The molecule has 210 valence electrons. The molecule has 9 heteroatoms. The summed E-state index contributed by atoms with van der Waals surface area (Å²) in [6.07, 6.45) is 2.87. The van der Waals surface area contributed by atoms with Crippen LogP contribution in [0.4, 0.5) is 17.5 Å². The van der Waals surface area contributed by atoms with Crippen LogP contribution in [0.3, 0.4) is 0 Å². The molecule has 0 saturated carbocycles. The number of amides is 1. The Hall–Kier alpha value is -3.95. The number of pyridine rings is 1. The number of benzene rings is 2. The minimum atomic E-state index is -0.0547. The first-order valence-corrected chi connectivity index (χ1v) is 13.8. The molecule has 9 nitrogen and oxygen atoms in total. The Morgan fingerprint density at radius 3 is 2.65 bits per heavy atom. The van der Waals surface area contributed by atoms with Crippen molar-refractivity contribution < 1.29 is 14.3 Å². The highest BCUT2D eigenvalue weighted by Gasteiger charge is 2.15. The van der Waals surface area contributed by atoms with E-state index in [0.717, 1.165) is 61.9 Å². The summed E-state index contributed by atoms with van der Waals surface area (Å²) in [5.41, 5.74) is 4.12. The van der Waals surface area contributed by atoms with Crippen LogP contribution in [-0.2, 0) is 22.0 Å². The van der Waals surface area contributed by atoms with Crippen LogP contribution in [0.2, 0.25) is 0 Å². The molecule has 40 heavy (non-hydrogen) atoms. The van der Waals surface area contributed by atoms with Gasteiger partial charge in [0.1, 0.15) is 17.3 Å². The Kier molecular flexibility index (Phi) is 8.32. The Morgan fingerprint density at radius 1 is 1.05 bits per heavy atom. The number of ether oxygens (including phenoxy) is 2. The number of rotatable bonds is 9. The van der Waals surface area contributed by atoms with E-state index in [4.69, 9.17) is 14.5 Å². The lowest BCUT2D eigenvalue weighted by atomic mass is 9.87. The number of carbonyl (C=O) groups is 1. The number of hydrogen-bond acceptors (Lipinski definition) is 7. The number of nitrogens with one attached hydrogen (secondary N) is 2. The molecule has 1 amide bonds. The lowest BCUT2D eigenvalue weighted by Gasteiger charge is -2.26. The average Bonchev–Trinajstić information content (AvgIpc) is 3.23. The molecule has 0 radical (unpaired) electrons. The molecule has 2 aromatic carbocycles. The zero-order chi connectivity index (χ0) is 28.1. The normalized spacial score (nSPS) is 14.3. The van der Waals surface area contributed by atoms with E-state index in [1.165, 1.54) is 5.56 Å². The lowest BCUT2D eigenvalue weighted by Crippen LogP contribution is -2.37. The highest BCUT2D eigenvalue weighted by atomic mass is 16.5. The Morgan fingerprint density at radius 2 is 1.85 bits per heavy atom. The number of aryl methyl sites for hydroxylation is 1. The van der Waals surface area contributed by atoms with E-state index in [0.29, 0.717) is 23.7 Å². The minimum absolute atomic E-state index is 0.0547. The molecule has 2 N–H and O–H groups in total. The molecule has 0 atom stereocenters. The fourth-order valence-corrected chi connectivity index (χ4v) is 4.72. The molecule has 0 unspecified atom stereocenters. The van der Waals surface area contributed by atoms with Crippen molar-refractivity contribution in [3.63, 3.8) is 0 Å². The maximum Gasteiger partial charge on any atom is 0.225 e. The smallest absolute Gasteiger partial charge is 0.225 e. The van der Waals surface area contributed by atoms with Crippen LogP contribution in [0.15, 0.2) is 60.8 Å².